The van der Waals surface area contributed by atoms with E-state index in [2.05, 4.69) is 0 Å². The maximum atomic E-state index is 11.5. The van der Waals surface area contributed by atoms with Crippen molar-refractivity contribution in [3.63, 3.8) is 0 Å². The Labute approximate surface area is 87.4 Å². The van der Waals surface area contributed by atoms with E-state index >= 15 is 0 Å². The van der Waals surface area contributed by atoms with Crippen molar-refractivity contribution in [2.45, 2.75) is 12.2 Å². The Hall–Kier alpha value is -1.30. The molecule has 15 heavy (non-hydrogen) atoms. The highest BCUT2D eigenvalue weighted by molar-refractivity contribution is 7.90. The van der Waals surface area contributed by atoms with Crippen molar-refractivity contribution < 1.29 is 8.42 Å². The Morgan fingerprint density at radius 1 is 1.47 bits per heavy atom. The highest BCUT2D eigenvalue weighted by atomic mass is 32.2. The number of hydrogen-bond acceptors (Lipinski definition) is 4. The normalized spacial score (nSPS) is 18.5. The average molecular weight is 228 g/mol. The Kier molecular flexibility index (Phi) is 2.11. The van der Waals surface area contributed by atoms with E-state index in [1.807, 2.05) is 0 Å². The minimum Gasteiger partial charge on any atom is -0.394 e. The fourth-order valence-corrected chi connectivity index (χ4v) is 3.29. The van der Waals surface area contributed by atoms with Crippen molar-refractivity contribution in [2.24, 2.45) is 7.05 Å². The van der Waals surface area contributed by atoms with E-state index in [1.165, 1.54) is 4.57 Å². The topological polar surface area (TPSA) is 82.2 Å². The van der Waals surface area contributed by atoms with Crippen molar-refractivity contribution in [1.29, 1.82) is 0 Å². The van der Waals surface area contributed by atoms with Gasteiger partial charge in [-0.2, -0.15) is 0 Å². The molecule has 82 valence electrons. The van der Waals surface area contributed by atoms with Crippen LogP contribution in [0.2, 0.25) is 0 Å². The number of nitrogens with zero attached hydrogens (tertiary/aromatic N) is 1. The second-order valence-electron chi connectivity index (χ2n) is 3.78. The molecule has 0 bridgehead atoms. The molecule has 0 saturated heterocycles. The number of sulfone groups is 1. The molecule has 1 aliphatic rings. The molecule has 2 rings (SSSR count). The first kappa shape index (κ1) is 10.2. The maximum absolute atomic E-state index is 11.5. The summed E-state index contributed by atoms with van der Waals surface area (Å²) in [5.41, 5.74) is 6.81. The summed E-state index contributed by atoms with van der Waals surface area (Å²) in [5, 5.41) is 0. The van der Waals surface area contributed by atoms with E-state index in [-0.39, 0.29) is 22.8 Å². The van der Waals surface area contributed by atoms with Gasteiger partial charge in [-0.1, -0.05) is 0 Å². The molecule has 1 aromatic rings. The number of aryl methyl sites for hydroxylation is 1. The lowest BCUT2D eigenvalue weighted by Gasteiger charge is -2.19. The van der Waals surface area contributed by atoms with Gasteiger partial charge in [-0.3, -0.25) is 4.79 Å². The van der Waals surface area contributed by atoms with Crippen molar-refractivity contribution in [3.05, 3.63) is 27.7 Å². The number of nitrogens with two attached hydrogens (primary N) is 1. The number of hydrogen-bond donors (Lipinski definition) is 1. The van der Waals surface area contributed by atoms with Crippen molar-refractivity contribution in [2.75, 3.05) is 11.5 Å². The van der Waals surface area contributed by atoms with Crippen LogP contribution in [0.1, 0.15) is 11.3 Å². The predicted octanol–water partition coefficient (Wildman–Crippen LogP) is -0.562. The molecular weight excluding hydrogens is 216 g/mol. The number of rotatable bonds is 0. The Morgan fingerprint density at radius 3 is 2.80 bits per heavy atom. The molecule has 0 saturated carbocycles. The fourth-order valence-electron chi connectivity index (χ4n) is 1.82. The van der Waals surface area contributed by atoms with Crippen molar-refractivity contribution >= 4 is 15.5 Å². The standard InChI is InChI=1S/C9H12N2O3S/c1-11-8-5-15(13,14)3-2-6(8)4-7(10)9(11)12/h4H,2-3,5,10H2,1H3. The quantitative estimate of drug-likeness (QED) is 0.645. The van der Waals surface area contributed by atoms with Crippen molar-refractivity contribution in [1.82, 2.24) is 4.57 Å². The Morgan fingerprint density at radius 2 is 2.13 bits per heavy atom. The van der Waals surface area contributed by atoms with Gasteiger partial charge in [0.2, 0.25) is 0 Å². The van der Waals surface area contributed by atoms with Crippen LogP contribution in [0, 0.1) is 0 Å². The van der Waals surface area contributed by atoms with Crippen LogP contribution in [0.5, 0.6) is 0 Å². The van der Waals surface area contributed by atoms with Crippen molar-refractivity contribution in [3.8, 4) is 0 Å². The lowest BCUT2D eigenvalue weighted by atomic mass is 10.1. The van der Waals surface area contributed by atoms with Gasteiger partial charge in [0, 0.05) is 12.7 Å². The van der Waals surface area contributed by atoms with Crippen LogP contribution < -0.4 is 11.3 Å². The van der Waals surface area contributed by atoms with E-state index in [0.29, 0.717) is 12.1 Å². The SMILES string of the molecule is Cn1c2c(cc(N)c1=O)CCS(=O)(=O)C2. The van der Waals surface area contributed by atoms with Gasteiger partial charge in [-0.05, 0) is 18.1 Å². The second-order valence-corrected chi connectivity index (χ2v) is 5.96. The summed E-state index contributed by atoms with van der Waals surface area (Å²) in [5.74, 6) is 0.0754. The summed E-state index contributed by atoms with van der Waals surface area (Å²) in [6.45, 7) is 0. The zero-order chi connectivity index (χ0) is 11.2. The van der Waals surface area contributed by atoms with E-state index in [0.717, 1.165) is 5.56 Å². The smallest absolute Gasteiger partial charge is 0.273 e. The van der Waals surface area contributed by atoms with E-state index in [1.54, 1.807) is 13.1 Å². The third kappa shape index (κ3) is 1.65. The number of aromatic nitrogens is 1. The highest BCUT2D eigenvalue weighted by Gasteiger charge is 2.24. The molecule has 0 spiro atoms. The molecule has 0 aromatic carbocycles. The van der Waals surface area contributed by atoms with Crippen LogP contribution in [0.3, 0.4) is 0 Å². The molecule has 1 aromatic heterocycles. The minimum atomic E-state index is -3.05. The zero-order valence-electron chi connectivity index (χ0n) is 8.36. The maximum Gasteiger partial charge on any atom is 0.273 e. The first-order valence-electron chi connectivity index (χ1n) is 4.58. The largest absolute Gasteiger partial charge is 0.394 e. The monoisotopic (exact) mass is 228 g/mol. The molecule has 0 radical (unpaired) electrons. The van der Waals surface area contributed by atoms with E-state index < -0.39 is 9.84 Å². The number of anilines is 1. The third-order valence-electron chi connectivity index (χ3n) is 2.70. The van der Waals surface area contributed by atoms with E-state index in [4.69, 9.17) is 5.73 Å². The molecule has 0 unspecified atom stereocenters. The molecule has 5 nitrogen and oxygen atoms in total. The second kappa shape index (κ2) is 3.10. The summed E-state index contributed by atoms with van der Waals surface area (Å²) in [7, 11) is -1.49. The zero-order valence-corrected chi connectivity index (χ0v) is 9.17. The summed E-state index contributed by atoms with van der Waals surface area (Å²) >= 11 is 0. The average Bonchev–Trinajstić information content (AvgIpc) is 2.16. The van der Waals surface area contributed by atoms with Gasteiger partial charge in [-0.25, -0.2) is 8.42 Å². The highest BCUT2D eigenvalue weighted by Crippen LogP contribution is 2.20. The Balaban J connectivity index is 2.70. The molecule has 2 heterocycles. The molecule has 0 aliphatic carbocycles. The van der Waals surface area contributed by atoms with Gasteiger partial charge in [0.25, 0.3) is 5.56 Å². The summed E-state index contributed by atoms with van der Waals surface area (Å²) < 4.78 is 24.2. The number of nitrogen functional groups attached to an aromatic ring is 1. The van der Waals surface area contributed by atoms with Gasteiger partial charge in [0.05, 0.1) is 17.2 Å². The van der Waals surface area contributed by atoms with Crippen LogP contribution in [0.25, 0.3) is 0 Å². The van der Waals surface area contributed by atoms with E-state index in [9.17, 15) is 13.2 Å². The number of fused-ring (bicyclic) bond motifs is 1. The molecule has 2 N–H and O–H groups in total. The third-order valence-corrected chi connectivity index (χ3v) is 4.24. The molecular formula is C9H12N2O3S. The molecule has 0 amide bonds. The van der Waals surface area contributed by atoms with Crippen LogP contribution >= 0.6 is 0 Å². The lowest BCUT2D eigenvalue weighted by molar-refractivity contribution is 0.587. The van der Waals surface area contributed by atoms with Gasteiger partial charge < -0.3 is 10.3 Å². The lowest BCUT2D eigenvalue weighted by Crippen LogP contribution is -2.30. The Bertz CT molecular complexity index is 572. The first-order chi connectivity index (χ1) is 6.91. The summed E-state index contributed by atoms with van der Waals surface area (Å²) in [4.78, 5) is 11.5. The van der Waals surface area contributed by atoms with Crippen LogP contribution in [-0.4, -0.2) is 18.7 Å². The van der Waals surface area contributed by atoms with Gasteiger partial charge in [0.15, 0.2) is 9.84 Å². The predicted molar refractivity (Wildman–Crippen MR) is 57.3 cm³/mol. The summed E-state index contributed by atoms with van der Waals surface area (Å²) in [6.07, 6.45) is 0.440. The minimum absolute atomic E-state index is 0.0612. The van der Waals surface area contributed by atoms with Crippen LogP contribution in [0.4, 0.5) is 5.69 Å². The van der Waals surface area contributed by atoms with Crippen LogP contribution in [-0.2, 0) is 29.1 Å². The molecule has 0 atom stereocenters. The summed E-state index contributed by atoms with van der Waals surface area (Å²) in [6, 6.07) is 1.59. The first-order valence-corrected chi connectivity index (χ1v) is 6.40. The van der Waals surface area contributed by atoms with Gasteiger partial charge >= 0.3 is 0 Å². The van der Waals surface area contributed by atoms with Crippen LogP contribution in [0.15, 0.2) is 10.9 Å². The van der Waals surface area contributed by atoms with Gasteiger partial charge in [0.1, 0.15) is 0 Å². The molecule has 0 fully saturated rings. The fraction of sp³-hybridized carbons (Fsp3) is 0.444. The number of pyridine rings is 1. The molecule has 1 aliphatic heterocycles. The van der Waals surface area contributed by atoms with Gasteiger partial charge in [-0.15, -0.1) is 0 Å². The molecule has 6 heteroatoms.